The third kappa shape index (κ3) is 5.94. The van der Waals surface area contributed by atoms with Crippen LogP contribution in [0, 0.1) is 0 Å². The minimum atomic E-state index is -4.79. The molecular formula is C22H21F3N4O2. The molecule has 0 spiro atoms. The van der Waals surface area contributed by atoms with E-state index in [9.17, 15) is 18.0 Å². The highest BCUT2D eigenvalue weighted by atomic mass is 19.4. The molecule has 0 fully saturated rings. The first-order chi connectivity index (χ1) is 14.8. The number of rotatable bonds is 7. The Kier molecular flexibility index (Phi) is 6.74. The number of anilines is 2. The zero-order valence-electron chi connectivity index (χ0n) is 16.9. The third-order valence-corrected chi connectivity index (χ3v) is 4.46. The second-order valence-electron chi connectivity index (χ2n) is 6.64. The lowest BCUT2D eigenvalue weighted by Gasteiger charge is -2.21. The monoisotopic (exact) mass is 430 g/mol. The second-order valence-corrected chi connectivity index (χ2v) is 6.64. The van der Waals surface area contributed by atoms with Gasteiger partial charge in [-0.25, -0.2) is 4.98 Å². The fourth-order valence-corrected chi connectivity index (χ4v) is 2.95. The molecule has 1 aromatic heterocycles. The van der Waals surface area contributed by atoms with E-state index < -0.39 is 18.0 Å². The van der Waals surface area contributed by atoms with Gasteiger partial charge in [0, 0.05) is 18.3 Å². The molecule has 0 saturated carbocycles. The highest BCUT2D eigenvalue weighted by Crippen LogP contribution is 2.24. The Morgan fingerprint density at radius 2 is 1.77 bits per heavy atom. The Labute approximate surface area is 177 Å². The van der Waals surface area contributed by atoms with Gasteiger partial charge in [-0.3, -0.25) is 9.69 Å². The Bertz CT molecular complexity index is 1010. The van der Waals surface area contributed by atoms with Crippen molar-refractivity contribution >= 4 is 17.7 Å². The molecule has 2 aromatic carbocycles. The summed E-state index contributed by atoms with van der Waals surface area (Å²) in [5, 5.41) is 3.20. The van der Waals surface area contributed by atoms with Gasteiger partial charge < -0.3 is 10.1 Å². The molecule has 1 N–H and O–H groups in total. The molecule has 0 radical (unpaired) electrons. The fraction of sp³-hybridized carbons (Fsp3) is 0.227. The normalized spacial score (nSPS) is 12.2. The van der Waals surface area contributed by atoms with Crippen LogP contribution in [0.25, 0.3) is 0 Å². The fourth-order valence-electron chi connectivity index (χ4n) is 2.95. The van der Waals surface area contributed by atoms with Gasteiger partial charge in [-0.1, -0.05) is 30.3 Å². The van der Waals surface area contributed by atoms with Crippen LogP contribution >= 0.6 is 0 Å². The number of alkyl halides is 3. The maximum atomic E-state index is 12.9. The molecule has 0 unspecified atom stereocenters. The molecule has 0 aliphatic heterocycles. The van der Waals surface area contributed by atoms with E-state index in [0.717, 1.165) is 17.7 Å². The predicted molar refractivity (Wildman–Crippen MR) is 111 cm³/mol. The number of aromatic nitrogens is 2. The Balaban J connectivity index is 1.76. The highest BCUT2D eigenvalue weighted by Gasteiger charge is 2.31. The topological polar surface area (TPSA) is 67.4 Å². The summed E-state index contributed by atoms with van der Waals surface area (Å²) >= 11 is 0. The highest BCUT2D eigenvalue weighted by molar-refractivity contribution is 6.05. The average molecular weight is 430 g/mol. The number of nitrogens with zero attached hydrogens (tertiary/aromatic N) is 3. The van der Waals surface area contributed by atoms with Crippen LogP contribution in [0.15, 0.2) is 66.9 Å². The second kappa shape index (κ2) is 9.46. The summed E-state index contributed by atoms with van der Waals surface area (Å²) < 4.78 is 40.8. The molecule has 31 heavy (non-hydrogen) atoms. The Morgan fingerprint density at radius 3 is 2.39 bits per heavy atom. The maximum Gasteiger partial charge on any atom is 0.573 e. The van der Waals surface area contributed by atoms with Gasteiger partial charge in [-0.05, 0) is 49.7 Å². The molecule has 1 heterocycles. The van der Waals surface area contributed by atoms with Crippen molar-refractivity contribution in [2.75, 3.05) is 16.8 Å². The zero-order chi connectivity index (χ0) is 22.4. The number of hydrogen-bond donors (Lipinski definition) is 1. The predicted octanol–water partition coefficient (Wildman–Crippen LogP) is 5.22. The number of carbonyl (C=O) groups excluding carboxylic acids is 1. The Hall–Kier alpha value is -3.62. The first-order valence-electron chi connectivity index (χ1n) is 9.59. The van der Waals surface area contributed by atoms with E-state index in [1.54, 1.807) is 19.2 Å². The standard InChI is InChI=1S/C22H21F3N4O2/c1-3-29(20(30)17-9-11-18(12-10-17)31-22(23,24)25)19-13-14-26-21(28-19)27-15(2)16-7-5-4-6-8-16/h4-15H,3H2,1-2H3,(H,26,27,28)/t15-/m0/s1. The SMILES string of the molecule is CCN(C(=O)c1ccc(OC(F)(F)F)cc1)c1ccnc(N[C@@H](C)c2ccccc2)n1. The lowest BCUT2D eigenvalue weighted by atomic mass is 10.1. The van der Waals surface area contributed by atoms with Crippen LogP contribution in [-0.4, -0.2) is 28.8 Å². The molecular weight excluding hydrogens is 409 g/mol. The quantitative estimate of drug-likeness (QED) is 0.557. The number of hydrogen-bond acceptors (Lipinski definition) is 5. The first kappa shape index (κ1) is 22.1. The number of ether oxygens (including phenoxy) is 1. The largest absolute Gasteiger partial charge is 0.573 e. The lowest BCUT2D eigenvalue weighted by molar-refractivity contribution is -0.274. The van der Waals surface area contributed by atoms with Gasteiger partial charge in [0.1, 0.15) is 11.6 Å². The molecule has 3 aromatic rings. The minimum Gasteiger partial charge on any atom is -0.406 e. The van der Waals surface area contributed by atoms with Crippen molar-refractivity contribution in [3.63, 3.8) is 0 Å². The summed E-state index contributed by atoms with van der Waals surface area (Å²) in [6.07, 6.45) is -3.25. The molecule has 3 rings (SSSR count). The van der Waals surface area contributed by atoms with Gasteiger partial charge in [0.15, 0.2) is 0 Å². The van der Waals surface area contributed by atoms with Gasteiger partial charge in [-0.15, -0.1) is 13.2 Å². The van der Waals surface area contributed by atoms with Crippen LogP contribution in [0.5, 0.6) is 5.75 Å². The van der Waals surface area contributed by atoms with Gasteiger partial charge in [0.2, 0.25) is 5.95 Å². The van der Waals surface area contributed by atoms with Crippen LogP contribution in [0.1, 0.15) is 35.8 Å². The Morgan fingerprint density at radius 1 is 1.10 bits per heavy atom. The smallest absolute Gasteiger partial charge is 0.406 e. The van der Waals surface area contributed by atoms with Crippen LogP contribution in [0.2, 0.25) is 0 Å². The van der Waals surface area contributed by atoms with Crippen molar-refractivity contribution in [1.82, 2.24) is 9.97 Å². The van der Waals surface area contributed by atoms with E-state index in [4.69, 9.17) is 0 Å². The number of nitrogens with one attached hydrogen (secondary N) is 1. The van der Waals surface area contributed by atoms with E-state index in [0.29, 0.717) is 18.3 Å². The molecule has 0 bridgehead atoms. The average Bonchev–Trinajstić information content (AvgIpc) is 2.74. The van der Waals surface area contributed by atoms with Crippen molar-refractivity contribution in [2.24, 2.45) is 0 Å². The molecule has 0 saturated heterocycles. The summed E-state index contributed by atoms with van der Waals surface area (Å²) in [6, 6.07) is 16.1. The van der Waals surface area contributed by atoms with E-state index >= 15 is 0 Å². The van der Waals surface area contributed by atoms with Gasteiger partial charge in [0.25, 0.3) is 5.91 Å². The summed E-state index contributed by atoms with van der Waals surface area (Å²) in [6.45, 7) is 4.06. The third-order valence-electron chi connectivity index (χ3n) is 4.46. The molecule has 1 amide bonds. The van der Waals surface area contributed by atoms with Gasteiger partial charge in [-0.2, -0.15) is 4.98 Å². The van der Waals surface area contributed by atoms with Crippen molar-refractivity contribution in [3.05, 3.63) is 78.0 Å². The molecule has 0 aliphatic rings. The summed E-state index contributed by atoms with van der Waals surface area (Å²) in [4.78, 5) is 23.0. The number of amides is 1. The molecule has 162 valence electrons. The summed E-state index contributed by atoms with van der Waals surface area (Å²) in [5.41, 5.74) is 1.27. The first-order valence-corrected chi connectivity index (χ1v) is 9.59. The van der Waals surface area contributed by atoms with Crippen molar-refractivity contribution in [3.8, 4) is 5.75 Å². The van der Waals surface area contributed by atoms with E-state index in [-0.39, 0.29) is 11.6 Å². The number of benzene rings is 2. The van der Waals surface area contributed by atoms with Gasteiger partial charge >= 0.3 is 6.36 Å². The molecule has 0 aliphatic carbocycles. The molecule has 9 heteroatoms. The van der Waals surface area contributed by atoms with Crippen molar-refractivity contribution < 1.29 is 22.7 Å². The van der Waals surface area contributed by atoms with Crippen LogP contribution in [0.4, 0.5) is 24.9 Å². The molecule has 6 nitrogen and oxygen atoms in total. The van der Waals surface area contributed by atoms with E-state index in [1.165, 1.54) is 17.0 Å². The van der Waals surface area contributed by atoms with Crippen molar-refractivity contribution in [1.29, 1.82) is 0 Å². The molecule has 1 atom stereocenters. The van der Waals surface area contributed by atoms with Gasteiger partial charge in [0.05, 0.1) is 6.04 Å². The van der Waals surface area contributed by atoms with E-state index in [2.05, 4.69) is 20.0 Å². The summed E-state index contributed by atoms with van der Waals surface area (Å²) in [5.74, 6) is -0.0627. The number of carbonyl (C=O) groups is 1. The summed E-state index contributed by atoms with van der Waals surface area (Å²) in [7, 11) is 0. The van der Waals surface area contributed by atoms with Crippen molar-refractivity contribution in [2.45, 2.75) is 26.3 Å². The minimum absolute atomic E-state index is 0.0524. The van der Waals surface area contributed by atoms with Crippen LogP contribution in [-0.2, 0) is 0 Å². The zero-order valence-corrected chi connectivity index (χ0v) is 16.9. The maximum absolute atomic E-state index is 12.9. The number of halogens is 3. The van der Waals surface area contributed by atoms with E-state index in [1.807, 2.05) is 37.3 Å². The van der Waals surface area contributed by atoms with Crippen LogP contribution in [0.3, 0.4) is 0 Å². The lowest BCUT2D eigenvalue weighted by Crippen LogP contribution is -2.31. The van der Waals surface area contributed by atoms with Crippen LogP contribution < -0.4 is 15.0 Å².